The van der Waals surface area contributed by atoms with Gasteiger partial charge >= 0.3 is 0 Å². The van der Waals surface area contributed by atoms with Gasteiger partial charge in [0.1, 0.15) is 5.82 Å². The van der Waals surface area contributed by atoms with Crippen LogP contribution in [0.15, 0.2) is 18.2 Å². The van der Waals surface area contributed by atoms with E-state index in [1.165, 1.54) is 24.0 Å². The fourth-order valence-electron chi connectivity index (χ4n) is 2.33. The number of fused-ring (bicyclic) bond motifs is 1. The lowest BCUT2D eigenvalue weighted by molar-refractivity contribution is 0.671. The number of hydrogen-bond donors (Lipinski definition) is 1. The third-order valence-electron chi connectivity index (χ3n) is 3.70. The normalized spacial score (nSPS) is 11.2. The number of imidazole rings is 1. The highest BCUT2D eigenvalue weighted by atomic mass is 15.1. The van der Waals surface area contributed by atoms with Crippen LogP contribution in [0.1, 0.15) is 18.7 Å². The van der Waals surface area contributed by atoms with Crippen LogP contribution in [-0.4, -0.2) is 36.7 Å². The van der Waals surface area contributed by atoms with Gasteiger partial charge in [0.2, 0.25) is 0 Å². The number of anilines is 1. The van der Waals surface area contributed by atoms with Gasteiger partial charge in [-0.3, -0.25) is 0 Å². The highest BCUT2D eigenvalue weighted by molar-refractivity contribution is 5.80. The van der Waals surface area contributed by atoms with Crippen molar-refractivity contribution in [3.05, 3.63) is 24.0 Å². The predicted molar refractivity (Wildman–Crippen MR) is 81.9 cm³/mol. The van der Waals surface area contributed by atoms with Crippen LogP contribution in [0.4, 0.5) is 5.69 Å². The first-order chi connectivity index (χ1) is 9.13. The van der Waals surface area contributed by atoms with Crippen LogP contribution in [0.25, 0.3) is 11.0 Å². The van der Waals surface area contributed by atoms with E-state index in [4.69, 9.17) is 0 Å². The van der Waals surface area contributed by atoms with Crippen LogP contribution in [0, 0.1) is 6.92 Å². The molecule has 1 aromatic carbocycles. The van der Waals surface area contributed by atoms with Gasteiger partial charge in [-0.1, -0.05) is 0 Å². The summed E-state index contributed by atoms with van der Waals surface area (Å²) in [6.45, 7) is 4.21. The molecule has 0 bridgehead atoms. The summed E-state index contributed by atoms with van der Waals surface area (Å²) in [5.74, 6) is 1.06. The molecule has 2 rings (SSSR count). The van der Waals surface area contributed by atoms with Gasteiger partial charge in [0, 0.05) is 26.3 Å². The number of nitrogens with zero attached hydrogens (tertiary/aromatic N) is 3. The summed E-state index contributed by atoms with van der Waals surface area (Å²) in [5.41, 5.74) is 3.53. The standard InChI is InChI=1S/C15H24N4/c1-12-17-14-11-13(7-8-15(14)19(12)4)18(3)10-6-5-9-16-2/h7-8,11,16H,5-6,9-10H2,1-4H3. The molecule has 0 aliphatic heterocycles. The molecule has 4 nitrogen and oxygen atoms in total. The smallest absolute Gasteiger partial charge is 0.106 e. The molecule has 0 unspecified atom stereocenters. The van der Waals surface area contributed by atoms with E-state index in [0.29, 0.717) is 0 Å². The van der Waals surface area contributed by atoms with E-state index in [9.17, 15) is 0 Å². The molecule has 1 aromatic heterocycles. The van der Waals surface area contributed by atoms with E-state index in [2.05, 4.69) is 52.1 Å². The summed E-state index contributed by atoms with van der Waals surface area (Å²) in [4.78, 5) is 6.90. The molecular weight excluding hydrogens is 236 g/mol. The largest absolute Gasteiger partial charge is 0.375 e. The van der Waals surface area contributed by atoms with Crippen molar-refractivity contribution in [1.82, 2.24) is 14.9 Å². The summed E-state index contributed by atoms with van der Waals surface area (Å²) in [5, 5.41) is 3.18. The second-order valence-corrected chi connectivity index (χ2v) is 5.12. The number of aromatic nitrogens is 2. The zero-order valence-corrected chi connectivity index (χ0v) is 12.4. The topological polar surface area (TPSA) is 33.1 Å². The molecule has 0 aliphatic carbocycles. The monoisotopic (exact) mass is 260 g/mol. The maximum atomic E-state index is 4.59. The molecule has 0 aliphatic rings. The lowest BCUT2D eigenvalue weighted by Gasteiger charge is -2.19. The first kappa shape index (κ1) is 13.9. The Morgan fingerprint density at radius 1 is 1.32 bits per heavy atom. The van der Waals surface area contributed by atoms with Gasteiger partial charge in [-0.05, 0) is 51.6 Å². The molecule has 1 heterocycles. The Hall–Kier alpha value is -1.55. The lowest BCUT2D eigenvalue weighted by Crippen LogP contribution is -2.19. The molecule has 0 radical (unpaired) electrons. The maximum absolute atomic E-state index is 4.59. The second kappa shape index (κ2) is 6.06. The minimum atomic E-state index is 1.06. The fraction of sp³-hybridized carbons (Fsp3) is 0.533. The Labute approximate surface area is 115 Å². The molecule has 0 atom stereocenters. The Kier molecular flexibility index (Phi) is 4.43. The van der Waals surface area contributed by atoms with Gasteiger partial charge in [0.15, 0.2) is 0 Å². The van der Waals surface area contributed by atoms with Gasteiger partial charge in [0.05, 0.1) is 11.0 Å². The van der Waals surface area contributed by atoms with Gasteiger partial charge in [0.25, 0.3) is 0 Å². The van der Waals surface area contributed by atoms with Gasteiger partial charge in [-0.15, -0.1) is 0 Å². The third kappa shape index (κ3) is 3.07. The summed E-state index contributed by atoms with van der Waals surface area (Å²) < 4.78 is 2.13. The van der Waals surface area contributed by atoms with Gasteiger partial charge < -0.3 is 14.8 Å². The first-order valence-electron chi connectivity index (χ1n) is 6.92. The Balaban J connectivity index is 2.08. The summed E-state index contributed by atoms with van der Waals surface area (Å²) >= 11 is 0. The molecule has 1 N–H and O–H groups in total. The Morgan fingerprint density at radius 3 is 2.84 bits per heavy atom. The third-order valence-corrected chi connectivity index (χ3v) is 3.70. The molecule has 19 heavy (non-hydrogen) atoms. The SMILES string of the molecule is CNCCCCN(C)c1ccc2c(c1)nc(C)n2C. The number of rotatable bonds is 6. The van der Waals surface area contributed by atoms with Crippen molar-refractivity contribution >= 4 is 16.7 Å². The summed E-state index contributed by atoms with van der Waals surface area (Å²) in [6.07, 6.45) is 2.42. The fourth-order valence-corrected chi connectivity index (χ4v) is 2.33. The predicted octanol–water partition coefficient (Wildman–Crippen LogP) is 2.32. The number of hydrogen-bond acceptors (Lipinski definition) is 3. The molecule has 0 saturated heterocycles. The number of benzene rings is 1. The molecule has 0 spiro atoms. The van der Waals surface area contributed by atoms with Crippen LogP contribution in [0.3, 0.4) is 0 Å². The zero-order valence-electron chi connectivity index (χ0n) is 12.4. The molecule has 0 saturated carbocycles. The molecule has 104 valence electrons. The molecule has 0 amide bonds. The highest BCUT2D eigenvalue weighted by Gasteiger charge is 2.07. The van der Waals surface area contributed by atoms with Crippen molar-refractivity contribution in [3.63, 3.8) is 0 Å². The van der Waals surface area contributed by atoms with Gasteiger partial charge in [-0.2, -0.15) is 0 Å². The summed E-state index contributed by atoms with van der Waals surface area (Å²) in [6, 6.07) is 6.52. The van der Waals surface area contributed by atoms with E-state index in [0.717, 1.165) is 24.4 Å². The Bertz CT molecular complexity index is 544. The molecule has 4 heteroatoms. The number of unbranched alkanes of at least 4 members (excludes halogenated alkanes) is 1. The van der Waals surface area contributed by atoms with E-state index in [1.807, 2.05) is 14.0 Å². The quantitative estimate of drug-likeness (QED) is 0.809. The molecule has 0 fully saturated rings. The van der Waals surface area contributed by atoms with Crippen molar-refractivity contribution in [2.75, 3.05) is 32.1 Å². The van der Waals surface area contributed by atoms with Crippen LogP contribution >= 0.6 is 0 Å². The first-order valence-corrected chi connectivity index (χ1v) is 6.92. The minimum Gasteiger partial charge on any atom is -0.375 e. The Morgan fingerprint density at radius 2 is 2.11 bits per heavy atom. The average Bonchev–Trinajstić information content (AvgIpc) is 2.69. The van der Waals surface area contributed by atoms with E-state index in [-0.39, 0.29) is 0 Å². The van der Waals surface area contributed by atoms with E-state index in [1.54, 1.807) is 0 Å². The second-order valence-electron chi connectivity index (χ2n) is 5.12. The minimum absolute atomic E-state index is 1.06. The van der Waals surface area contributed by atoms with Crippen LogP contribution in [0.5, 0.6) is 0 Å². The van der Waals surface area contributed by atoms with Crippen molar-refractivity contribution < 1.29 is 0 Å². The van der Waals surface area contributed by atoms with Crippen LogP contribution in [0.2, 0.25) is 0 Å². The molecule has 2 aromatic rings. The number of nitrogens with one attached hydrogen (secondary N) is 1. The highest BCUT2D eigenvalue weighted by Crippen LogP contribution is 2.21. The van der Waals surface area contributed by atoms with Crippen molar-refractivity contribution in [2.24, 2.45) is 7.05 Å². The van der Waals surface area contributed by atoms with Crippen molar-refractivity contribution in [2.45, 2.75) is 19.8 Å². The maximum Gasteiger partial charge on any atom is 0.106 e. The van der Waals surface area contributed by atoms with Crippen molar-refractivity contribution in [1.29, 1.82) is 0 Å². The average molecular weight is 260 g/mol. The van der Waals surface area contributed by atoms with E-state index < -0.39 is 0 Å². The van der Waals surface area contributed by atoms with Crippen LogP contribution in [-0.2, 0) is 7.05 Å². The van der Waals surface area contributed by atoms with Gasteiger partial charge in [-0.25, -0.2) is 4.98 Å². The molecular formula is C15H24N4. The van der Waals surface area contributed by atoms with Crippen LogP contribution < -0.4 is 10.2 Å². The van der Waals surface area contributed by atoms with E-state index >= 15 is 0 Å². The summed E-state index contributed by atoms with van der Waals surface area (Å²) in [7, 11) is 6.21. The lowest BCUT2D eigenvalue weighted by atomic mass is 10.2. The zero-order chi connectivity index (χ0) is 13.8. The number of aryl methyl sites for hydroxylation is 2. The van der Waals surface area contributed by atoms with Crippen molar-refractivity contribution in [3.8, 4) is 0 Å².